The van der Waals surface area contributed by atoms with Crippen molar-refractivity contribution in [1.82, 2.24) is 14.9 Å². The van der Waals surface area contributed by atoms with Crippen molar-refractivity contribution in [3.8, 4) is 0 Å². The van der Waals surface area contributed by atoms with E-state index in [1.807, 2.05) is 18.5 Å². The minimum atomic E-state index is -0.159. The fourth-order valence-electron chi connectivity index (χ4n) is 2.59. The van der Waals surface area contributed by atoms with Gasteiger partial charge in [0.05, 0.1) is 6.54 Å². The zero-order chi connectivity index (χ0) is 13.9. The van der Waals surface area contributed by atoms with E-state index < -0.39 is 0 Å². The van der Waals surface area contributed by atoms with E-state index in [0.29, 0.717) is 6.54 Å². The first-order valence-corrected chi connectivity index (χ1v) is 7.92. The van der Waals surface area contributed by atoms with E-state index in [-0.39, 0.29) is 11.9 Å². The highest BCUT2D eigenvalue weighted by Gasteiger charge is 2.21. The summed E-state index contributed by atoms with van der Waals surface area (Å²) in [5, 5.41) is 3.52. The SMILES string of the molecule is CCn1ccnc1CNC1CCSc2ccc(F)cc21. The van der Waals surface area contributed by atoms with Crippen molar-refractivity contribution in [1.29, 1.82) is 0 Å². The predicted molar refractivity (Wildman–Crippen MR) is 79.2 cm³/mol. The molecule has 3 rings (SSSR count). The lowest BCUT2D eigenvalue weighted by molar-refractivity contribution is 0.486. The van der Waals surface area contributed by atoms with Gasteiger partial charge < -0.3 is 9.88 Å². The van der Waals surface area contributed by atoms with Crippen molar-refractivity contribution in [2.45, 2.75) is 37.4 Å². The third kappa shape index (κ3) is 2.74. The molecule has 0 aliphatic carbocycles. The second kappa shape index (κ2) is 5.97. The summed E-state index contributed by atoms with van der Waals surface area (Å²) >= 11 is 1.80. The Bertz CT molecular complexity index is 597. The van der Waals surface area contributed by atoms with Crippen molar-refractivity contribution < 1.29 is 4.39 Å². The molecule has 1 aromatic carbocycles. The van der Waals surface area contributed by atoms with Crippen LogP contribution in [-0.2, 0) is 13.1 Å². The molecule has 0 spiro atoms. The van der Waals surface area contributed by atoms with Crippen LogP contribution in [0.4, 0.5) is 4.39 Å². The Morgan fingerprint density at radius 1 is 1.50 bits per heavy atom. The first kappa shape index (κ1) is 13.6. The van der Waals surface area contributed by atoms with Gasteiger partial charge in [0, 0.05) is 29.9 Å². The molecule has 1 unspecified atom stereocenters. The molecule has 2 heterocycles. The number of nitrogens with zero attached hydrogens (tertiary/aromatic N) is 2. The van der Waals surface area contributed by atoms with Crippen LogP contribution < -0.4 is 5.32 Å². The van der Waals surface area contributed by atoms with E-state index >= 15 is 0 Å². The number of hydrogen-bond acceptors (Lipinski definition) is 3. The monoisotopic (exact) mass is 291 g/mol. The molecule has 0 bridgehead atoms. The Labute approximate surface area is 122 Å². The first-order valence-electron chi connectivity index (χ1n) is 6.93. The Morgan fingerprint density at radius 3 is 3.25 bits per heavy atom. The van der Waals surface area contributed by atoms with E-state index in [1.54, 1.807) is 17.8 Å². The summed E-state index contributed by atoms with van der Waals surface area (Å²) in [6.45, 7) is 3.74. The van der Waals surface area contributed by atoms with Crippen molar-refractivity contribution >= 4 is 11.8 Å². The Morgan fingerprint density at radius 2 is 2.40 bits per heavy atom. The summed E-state index contributed by atoms with van der Waals surface area (Å²) in [6.07, 6.45) is 4.83. The molecule has 20 heavy (non-hydrogen) atoms. The van der Waals surface area contributed by atoms with E-state index in [4.69, 9.17) is 0 Å². The number of hydrogen-bond donors (Lipinski definition) is 1. The summed E-state index contributed by atoms with van der Waals surface area (Å²) in [6, 6.07) is 5.29. The van der Waals surface area contributed by atoms with Gasteiger partial charge in [-0.1, -0.05) is 0 Å². The highest BCUT2D eigenvalue weighted by Crippen LogP contribution is 2.36. The number of aryl methyl sites for hydroxylation is 1. The maximum absolute atomic E-state index is 13.4. The Kier molecular flexibility index (Phi) is 4.08. The Balaban J connectivity index is 1.75. The van der Waals surface area contributed by atoms with Gasteiger partial charge in [0.2, 0.25) is 0 Å². The molecule has 1 aliphatic heterocycles. The van der Waals surface area contributed by atoms with E-state index in [9.17, 15) is 4.39 Å². The Hall–Kier alpha value is -1.33. The zero-order valence-electron chi connectivity index (χ0n) is 11.5. The van der Waals surface area contributed by atoms with Gasteiger partial charge in [0.15, 0.2) is 0 Å². The zero-order valence-corrected chi connectivity index (χ0v) is 12.3. The standard InChI is InChI=1S/C15H18FN3S/c1-2-19-7-6-17-15(19)10-18-13-5-8-20-14-4-3-11(16)9-12(13)14/h3-4,6-7,9,13,18H,2,5,8,10H2,1H3. The molecule has 106 valence electrons. The van der Waals surface area contributed by atoms with Crippen LogP contribution in [-0.4, -0.2) is 15.3 Å². The van der Waals surface area contributed by atoms with Crippen molar-refractivity contribution in [2.75, 3.05) is 5.75 Å². The highest BCUT2D eigenvalue weighted by molar-refractivity contribution is 7.99. The van der Waals surface area contributed by atoms with Crippen LogP contribution in [0.1, 0.15) is 30.8 Å². The highest BCUT2D eigenvalue weighted by atomic mass is 32.2. The molecule has 1 aliphatic rings. The lowest BCUT2D eigenvalue weighted by Crippen LogP contribution is -2.25. The molecule has 0 saturated carbocycles. The quantitative estimate of drug-likeness (QED) is 0.936. The lowest BCUT2D eigenvalue weighted by Gasteiger charge is -2.26. The molecule has 0 radical (unpaired) electrons. The molecule has 0 amide bonds. The summed E-state index contributed by atoms with van der Waals surface area (Å²) in [5.41, 5.74) is 1.08. The van der Waals surface area contributed by atoms with Gasteiger partial charge in [-0.15, -0.1) is 11.8 Å². The minimum Gasteiger partial charge on any atom is -0.334 e. The molecule has 1 atom stereocenters. The predicted octanol–water partition coefficient (Wildman–Crippen LogP) is 3.37. The van der Waals surface area contributed by atoms with Crippen molar-refractivity contribution in [3.63, 3.8) is 0 Å². The molecular weight excluding hydrogens is 273 g/mol. The van der Waals surface area contributed by atoms with Gasteiger partial charge in [-0.2, -0.15) is 0 Å². The van der Waals surface area contributed by atoms with Gasteiger partial charge in [-0.05, 0) is 42.9 Å². The number of thioether (sulfide) groups is 1. The van der Waals surface area contributed by atoms with Crippen LogP contribution in [0.15, 0.2) is 35.5 Å². The van der Waals surface area contributed by atoms with Crippen LogP contribution in [0.5, 0.6) is 0 Å². The van der Waals surface area contributed by atoms with Crippen molar-refractivity contribution in [3.05, 3.63) is 47.8 Å². The fraction of sp³-hybridized carbons (Fsp3) is 0.400. The molecule has 3 nitrogen and oxygen atoms in total. The van der Waals surface area contributed by atoms with Crippen LogP contribution in [0, 0.1) is 5.82 Å². The first-order chi connectivity index (χ1) is 9.78. The number of halogens is 1. The van der Waals surface area contributed by atoms with Gasteiger partial charge in [-0.3, -0.25) is 0 Å². The van der Waals surface area contributed by atoms with Crippen LogP contribution in [0.25, 0.3) is 0 Å². The van der Waals surface area contributed by atoms with E-state index in [0.717, 1.165) is 30.1 Å². The third-order valence-electron chi connectivity index (χ3n) is 3.66. The minimum absolute atomic E-state index is 0.159. The number of rotatable bonds is 4. The second-order valence-corrected chi connectivity index (χ2v) is 6.02. The molecule has 0 saturated heterocycles. The van der Waals surface area contributed by atoms with E-state index in [2.05, 4.69) is 21.8 Å². The molecular formula is C15H18FN3S. The maximum atomic E-state index is 13.4. The van der Waals surface area contributed by atoms with Crippen molar-refractivity contribution in [2.24, 2.45) is 0 Å². The third-order valence-corrected chi connectivity index (χ3v) is 4.78. The van der Waals surface area contributed by atoms with Crippen LogP contribution >= 0.6 is 11.8 Å². The maximum Gasteiger partial charge on any atom is 0.123 e. The number of benzene rings is 1. The number of aromatic nitrogens is 2. The normalized spacial score (nSPS) is 18.0. The van der Waals surface area contributed by atoms with Crippen LogP contribution in [0.2, 0.25) is 0 Å². The lowest BCUT2D eigenvalue weighted by atomic mass is 10.0. The molecule has 0 fully saturated rings. The molecule has 1 N–H and O–H groups in total. The van der Waals surface area contributed by atoms with E-state index in [1.165, 1.54) is 11.0 Å². The largest absolute Gasteiger partial charge is 0.334 e. The average Bonchev–Trinajstić information content (AvgIpc) is 2.92. The number of imidazole rings is 1. The summed E-state index contributed by atoms with van der Waals surface area (Å²) in [4.78, 5) is 5.56. The molecule has 5 heteroatoms. The fourth-order valence-corrected chi connectivity index (χ4v) is 3.69. The van der Waals surface area contributed by atoms with Gasteiger partial charge in [0.1, 0.15) is 11.6 Å². The molecule has 2 aromatic rings. The molecule has 1 aromatic heterocycles. The van der Waals surface area contributed by atoms with Gasteiger partial charge in [0.25, 0.3) is 0 Å². The summed E-state index contributed by atoms with van der Waals surface area (Å²) < 4.78 is 15.6. The number of nitrogens with one attached hydrogen (secondary N) is 1. The average molecular weight is 291 g/mol. The topological polar surface area (TPSA) is 29.9 Å². The summed E-state index contributed by atoms with van der Waals surface area (Å²) in [5.74, 6) is 1.94. The summed E-state index contributed by atoms with van der Waals surface area (Å²) in [7, 11) is 0. The van der Waals surface area contributed by atoms with Gasteiger partial charge in [-0.25, -0.2) is 9.37 Å². The van der Waals surface area contributed by atoms with Crippen LogP contribution in [0.3, 0.4) is 0 Å². The number of fused-ring (bicyclic) bond motifs is 1. The second-order valence-electron chi connectivity index (χ2n) is 4.88. The smallest absolute Gasteiger partial charge is 0.123 e. The van der Waals surface area contributed by atoms with Gasteiger partial charge >= 0.3 is 0 Å².